The van der Waals surface area contributed by atoms with Crippen LogP contribution >= 0.6 is 11.8 Å². The van der Waals surface area contributed by atoms with Crippen molar-refractivity contribution in [1.82, 2.24) is 0 Å². The first-order valence-electron chi connectivity index (χ1n) is 18.1. The molecule has 7 atom stereocenters. The third kappa shape index (κ3) is 5.58. The fourth-order valence-corrected chi connectivity index (χ4v) is 11.0. The summed E-state index contributed by atoms with van der Waals surface area (Å²) in [5.74, 6) is -1.79. The van der Waals surface area contributed by atoms with Crippen LogP contribution in [-0.4, -0.2) is 61.2 Å². The molecule has 3 aliphatic heterocycles. The van der Waals surface area contributed by atoms with Crippen LogP contribution in [-0.2, 0) is 20.7 Å². The molecule has 4 bridgehead atoms. The predicted octanol–water partition coefficient (Wildman–Crippen LogP) is 8.44. The zero-order valence-electron chi connectivity index (χ0n) is 30.7. The molecule has 9 heteroatoms. The number of carboxylic acids is 1. The molecule has 1 aromatic carbocycles. The summed E-state index contributed by atoms with van der Waals surface area (Å²) in [5, 5.41) is 21.2. The van der Waals surface area contributed by atoms with E-state index in [2.05, 4.69) is 32.9 Å². The fraction of sp³-hybridized carbons (Fsp3) is 0.585. The molecule has 8 nitrogen and oxygen atoms in total. The van der Waals surface area contributed by atoms with Gasteiger partial charge in [-0.3, -0.25) is 9.59 Å². The van der Waals surface area contributed by atoms with E-state index in [0.29, 0.717) is 36.1 Å². The summed E-state index contributed by atoms with van der Waals surface area (Å²) < 4.78 is 21.1. The Labute approximate surface area is 300 Å². The van der Waals surface area contributed by atoms with Crippen molar-refractivity contribution in [2.75, 3.05) is 5.75 Å². The summed E-state index contributed by atoms with van der Waals surface area (Å²) in [6, 6.07) is 0. The Bertz CT molecular complexity index is 1730. The average Bonchev–Trinajstić information content (AvgIpc) is 3.16. The van der Waals surface area contributed by atoms with Crippen molar-refractivity contribution in [3.05, 3.63) is 58.2 Å². The van der Waals surface area contributed by atoms with E-state index in [9.17, 15) is 19.8 Å². The van der Waals surface area contributed by atoms with Gasteiger partial charge in [0, 0.05) is 35.1 Å². The van der Waals surface area contributed by atoms with Crippen molar-refractivity contribution in [3.8, 4) is 17.2 Å². The van der Waals surface area contributed by atoms with Crippen LogP contribution in [0.15, 0.2) is 41.5 Å². The molecule has 3 heterocycles. The quantitative estimate of drug-likeness (QED) is 0.126. The molecule has 3 saturated carbocycles. The first-order valence-corrected chi connectivity index (χ1v) is 19.1. The van der Waals surface area contributed by atoms with Crippen molar-refractivity contribution in [1.29, 1.82) is 0 Å². The second-order valence-electron chi connectivity index (χ2n) is 16.0. The van der Waals surface area contributed by atoms with E-state index in [1.165, 1.54) is 11.6 Å². The number of unbranched alkanes of at least 4 members (excludes halogenated alkanes) is 1. The maximum atomic E-state index is 15.3. The number of Topliss-reactive ketones (excluding diaryl/α,β-unsaturated/α-hetero) is 2. The number of benzene rings is 1. The molecular formula is C41H52O8S. The van der Waals surface area contributed by atoms with E-state index in [4.69, 9.17) is 14.2 Å². The number of fused-ring (bicyclic) bond motifs is 2. The Morgan fingerprint density at radius 1 is 1.06 bits per heavy atom. The van der Waals surface area contributed by atoms with E-state index in [0.717, 1.165) is 36.7 Å². The zero-order valence-corrected chi connectivity index (χ0v) is 31.5. The average molecular weight is 705 g/mol. The largest absolute Gasteiger partial charge is 0.506 e. The number of ketones is 2. The number of phenols is 1. The SMILES string of the molecule is CCCCSC1C2C(=O)c3c(O)c4c(c(CC=C(C)C)c3O[C@@]23C2C[C@@H]1C(=O)[C@]3(C/C=C/C(=O)O)OC2(C)C)O[C@](C)(CCC=C(C)C)C=C4. The number of rotatable bonds is 12. The minimum Gasteiger partial charge on any atom is -0.506 e. The van der Waals surface area contributed by atoms with Gasteiger partial charge >= 0.3 is 5.97 Å². The lowest BCUT2D eigenvalue weighted by molar-refractivity contribution is -0.198. The van der Waals surface area contributed by atoms with Crippen molar-refractivity contribution in [2.24, 2.45) is 17.8 Å². The van der Waals surface area contributed by atoms with Gasteiger partial charge in [0.2, 0.25) is 0 Å². The summed E-state index contributed by atoms with van der Waals surface area (Å²) >= 11 is 1.65. The van der Waals surface area contributed by atoms with Crippen LogP contribution in [0.2, 0.25) is 0 Å². The van der Waals surface area contributed by atoms with E-state index in [1.54, 1.807) is 11.8 Å². The Hall–Kier alpha value is -3.30. The highest BCUT2D eigenvalue weighted by atomic mass is 32.2. The summed E-state index contributed by atoms with van der Waals surface area (Å²) in [5.41, 5.74) is -1.01. The molecular weight excluding hydrogens is 653 g/mol. The molecule has 2 N–H and O–H groups in total. The van der Waals surface area contributed by atoms with Gasteiger partial charge in [0.25, 0.3) is 0 Å². The summed E-state index contributed by atoms with van der Waals surface area (Å²) in [4.78, 5) is 41.9. The normalized spacial score (nSPS) is 32.6. The van der Waals surface area contributed by atoms with Crippen molar-refractivity contribution in [3.63, 3.8) is 0 Å². The Kier molecular flexibility index (Phi) is 9.51. The highest BCUT2D eigenvalue weighted by Crippen LogP contribution is 2.71. The lowest BCUT2D eigenvalue weighted by Gasteiger charge is -2.63. The van der Waals surface area contributed by atoms with Gasteiger partial charge in [-0.25, -0.2) is 4.79 Å². The Balaban J connectivity index is 1.60. The molecule has 7 rings (SSSR count). The van der Waals surface area contributed by atoms with Gasteiger partial charge < -0.3 is 24.4 Å². The number of allylic oxidation sites excluding steroid dienone is 4. The summed E-state index contributed by atoms with van der Waals surface area (Å²) in [7, 11) is 0. The lowest BCUT2D eigenvalue weighted by atomic mass is 9.46. The number of carboxylic acid groups (broad SMARTS) is 1. The maximum absolute atomic E-state index is 15.3. The molecule has 0 amide bonds. The number of hydrogen-bond acceptors (Lipinski definition) is 8. The smallest absolute Gasteiger partial charge is 0.327 e. The van der Waals surface area contributed by atoms with Gasteiger partial charge in [-0.1, -0.05) is 42.7 Å². The molecule has 50 heavy (non-hydrogen) atoms. The van der Waals surface area contributed by atoms with Gasteiger partial charge in [0.1, 0.15) is 28.4 Å². The van der Waals surface area contributed by atoms with E-state index >= 15 is 4.79 Å². The molecule has 1 spiro atoms. The number of thioether (sulfide) groups is 1. The van der Waals surface area contributed by atoms with Gasteiger partial charge in [-0.05, 0) is 98.5 Å². The molecule has 0 aromatic heterocycles. The third-order valence-electron chi connectivity index (χ3n) is 11.5. The van der Waals surface area contributed by atoms with Crippen LogP contribution in [0.5, 0.6) is 17.2 Å². The minimum absolute atomic E-state index is 0.0398. The van der Waals surface area contributed by atoms with Gasteiger partial charge in [0.05, 0.1) is 17.1 Å². The van der Waals surface area contributed by atoms with Gasteiger partial charge in [0.15, 0.2) is 22.8 Å². The number of phenolic OH excluding ortho intramolecular Hbond substituents is 1. The van der Waals surface area contributed by atoms with E-state index in [1.807, 2.05) is 46.8 Å². The number of carbonyl (C=O) groups is 3. The number of hydrogen-bond donors (Lipinski definition) is 2. The number of aliphatic carboxylic acids is 1. The maximum Gasteiger partial charge on any atom is 0.327 e. The van der Waals surface area contributed by atoms with Crippen LogP contribution in [0, 0.1) is 17.8 Å². The van der Waals surface area contributed by atoms with E-state index in [-0.39, 0.29) is 46.2 Å². The van der Waals surface area contributed by atoms with Crippen LogP contribution in [0.3, 0.4) is 0 Å². The van der Waals surface area contributed by atoms with Crippen LogP contribution in [0.25, 0.3) is 6.08 Å². The summed E-state index contributed by atoms with van der Waals surface area (Å²) in [6.45, 7) is 16.2. The van der Waals surface area contributed by atoms with Crippen molar-refractivity contribution >= 4 is 35.4 Å². The molecule has 270 valence electrons. The zero-order chi connectivity index (χ0) is 36.4. The van der Waals surface area contributed by atoms with Crippen LogP contribution in [0.4, 0.5) is 0 Å². The summed E-state index contributed by atoms with van der Waals surface area (Å²) in [6.07, 6.45) is 14.8. The van der Waals surface area contributed by atoms with Crippen molar-refractivity contribution < 1.29 is 38.8 Å². The van der Waals surface area contributed by atoms with Gasteiger partial charge in [-0.15, -0.1) is 0 Å². The predicted molar refractivity (Wildman–Crippen MR) is 196 cm³/mol. The molecule has 1 saturated heterocycles. The second-order valence-corrected chi connectivity index (χ2v) is 17.3. The first-order chi connectivity index (χ1) is 23.5. The number of ether oxygens (including phenoxy) is 3. The molecule has 4 fully saturated rings. The Morgan fingerprint density at radius 2 is 1.78 bits per heavy atom. The molecule has 6 aliphatic rings. The Morgan fingerprint density at radius 3 is 2.44 bits per heavy atom. The second kappa shape index (κ2) is 13.0. The van der Waals surface area contributed by atoms with Gasteiger partial charge in [-0.2, -0.15) is 11.8 Å². The highest BCUT2D eigenvalue weighted by Gasteiger charge is 2.85. The number of carbonyl (C=O) groups excluding carboxylic acids is 2. The van der Waals surface area contributed by atoms with E-state index < -0.39 is 40.2 Å². The lowest BCUT2D eigenvalue weighted by Crippen LogP contribution is -2.79. The molecule has 3 aliphatic carbocycles. The monoisotopic (exact) mass is 704 g/mol. The first kappa shape index (κ1) is 36.5. The highest BCUT2D eigenvalue weighted by molar-refractivity contribution is 8.00. The topological polar surface area (TPSA) is 119 Å². The molecule has 0 radical (unpaired) electrons. The van der Waals surface area contributed by atoms with Crippen molar-refractivity contribution in [2.45, 2.75) is 128 Å². The third-order valence-corrected chi connectivity index (χ3v) is 13.0. The minimum atomic E-state index is -1.59. The van der Waals surface area contributed by atoms with Crippen LogP contribution in [0.1, 0.15) is 115 Å². The standard InChI is InChI=1S/C41H52O8S/c1-9-10-21-50-36-27-22-28-38(6,7)49-40(37(27)46,19-12-14-29(42)43)41(28)31(36)33(45)30-32(44)25-17-20-39(8,18-11-13-23(2)3)47-34(25)26(35(30)48-41)16-15-24(4)5/h12-15,17,20,27-28,31,36,44H,9-11,16,18-19,21-22H2,1-8H3,(H,42,43)/b14-12+/t27-,28?,31?,36?,39+,40-,41-/m0/s1. The molecule has 3 unspecified atom stereocenters. The number of aromatic hydroxyl groups is 1. The fourth-order valence-electron chi connectivity index (χ4n) is 9.26. The molecule has 1 aromatic rings. The van der Waals surface area contributed by atoms with Crippen LogP contribution < -0.4 is 9.47 Å².